The maximum Gasteiger partial charge on any atom is 0.125 e. The molecule has 0 radical (unpaired) electrons. The van der Waals surface area contributed by atoms with Crippen molar-refractivity contribution in [1.29, 1.82) is 0 Å². The molecule has 1 aliphatic carbocycles. The van der Waals surface area contributed by atoms with Gasteiger partial charge in [0.15, 0.2) is 0 Å². The normalized spacial score (nSPS) is 25.6. The number of benzene rings is 1. The second kappa shape index (κ2) is 5.18. The Morgan fingerprint density at radius 3 is 2.95 bits per heavy atom. The Morgan fingerprint density at radius 2 is 2.24 bits per heavy atom. The third-order valence-corrected chi connectivity index (χ3v) is 4.85. The third-order valence-electron chi connectivity index (χ3n) is 4.61. The Morgan fingerprint density at radius 1 is 1.38 bits per heavy atom. The monoisotopic (exact) mass is 306 g/mol. The molecule has 112 valence electrons. The van der Waals surface area contributed by atoms with Crippen molar-refractivity contribution >= 4 is 22.6 Å². The highest BCUT2D eigenvalue weighted by atomic mass is 35.5. The molecule has 2 aromatic rings. The van der Waals surface area contributed by atoms with E-state index < -0.39 is 0 Å². The van der Waals surface area contributed by atoms with Gasteiger partial charge in [-0.15, -0.1) is 11.6 Å². The van der Waals surface area contributed by atoms with E-state index in [-0.39, 0.29) is 0 Å². The van der Waals surface area contributed by atoms with Crippen LogP contribution in [0.15, 0.2) is 18.2 Å². The quantitative estimate of drug-likeness (QED) is 0.811. The van der Waals surface area contributed by atoms with Crippen LogP contribution in [0.25, 0.3) is 11.0 Å². The molecule has 0 bridgehead atoms. The van der Waals surface area contributed by atoms with E-state index in [1.165, 1.54) is 12.8 Å². The second-order valence-electron chi connectivity index (χ2n) is 5.92. The Bertz CT molecular complexity index is 666. The number of nitrogens with zero attached hydrogens (tertiary/aromatic N) is 2. The molecule has 0 spiro atoms. The lowest BCUT2D eigenvalue weighted by atomic mass is 10.1. The summed E-state index contributed by atoms with van der Waals surface area (Å²) in [6.07, 6.45) is 3.95. The molecule has 5 heteroatoms. The largest absolute Gasteiger partial charge is 0.497 e. The van der Waals surface area contributed by atoms with Gasteiger partial charge >= 0.3 is 0 Å². The molecular weight excluding hydrogens is 288 g/mol. The van der Waals surface area contributed by atoms with Crippen molar-refractivity contribution in [2.75, 3.05) is 13.7 Å². The number of fused-ring (bicyclic) bond motifs is 1. The van der Waals surface area contributed by atoms with Crippen LogP contribution in [0.2, 0.25) is 0 Å². The average Bonchev–Trinajstić information content (AvgIpc) is 3.13. The van der Waals surface area contributed by atoms with Crippen LogP contribution in [0.4, 0.5) is 0 Å². The summed E-state index contributed by atoms with van der Waals surface area (Å²) in [4.78, 5) is 4.69. The molecule has 1 saturated carbocycles. The van der Waals surface area contributed by atoms with Gasteiger partial charge in [-0.05, 0) is 37.3 Å². The maximum absolute atomic E-state index is 6.14. The number of halogens is 1. The van der Waals surface area contributed by atoms with Crippen molar-refractivity contribution in [3.63, 3.8) is 0 Å². The molecule has 21 heavy (non-hydrogen) atoms. The summed E-state index contributed by atoms with van der Waals surface area (Å²) in [6, 6.07) is 6.41. The zero-order chi connectivity index (χ0) is 14.4. The predicted molar refractivity (Wildman–Crippen MR) is 82.0 cm³/mol. The van der Waals surface area contributed by atoms with Crippen molar-refractivity contribution in [3.05, 3.63) is 24.0 Å². The average molecular weight is 307 g/mol. The summed E-state index contributed by atoms with van der Waals surface area (Å²) < 4.78 is 13.6. The lowest BCUT2D eigenvalue weighted by Gasteiger charge is -2.22. The van der Waals surface area contributed by atoms with Crippen LogP contribution in [-0.4, -0.2) is 29.4 Å². The van der Waals surface area contributed by atoms with Crippen LogP contribution < -0.4 is 4.74 Å². The minimum atomic E-state index is 0.325. The van der Waals surface area contributed by atoms with Crippen molar-refractivity contribution < 1.29 is 9.47 Å². The lowest BCUT2D eigenvalue weighted by molar-refractivity contribution is 0.0754. The van der Waals surface area contributed by atoms with E-state index in [0.29, 0.717) is 18.0 Å². The highest BCUT2D eigenvalue weighted by molar-refractivity contribution is 6.16. The van der Waals surface area contributed by atoms with E-state index in [0.717, 1.165) is 41.6 Å². The van der Waals surface area contributed by atoms with Gasteiger partial charge in [0.1, 0.15) is 11.6 Å². The highest BCUT2D eigenvalue weighted by Gasteiger charge is 2.42. The molecule has 2 unspecified atom stereocenters. The Labute approximate surface area is 129 Å². The molecule has 4 nitrogen and oxygen atoms in total. The number of ether oxygens (including phenoxy) is 2. The van der Waals surface area contributed by atoms with Gasteiger partial charge in [0, 0.05) is 12.7 Å². The molecule has 2 fully saturated rings. The highest BCUT2D eigenvalue weighted by Crippen LogP contribution is 2.44. The van der Waals surface area contributed by atoms with Gasteiger partial charge in [-0.1, -0.05) is 0 Å². The smallest absolute Gasteiger partial charge is 0.125 e. The zero-order valence-corrected chi connectivity index (χ0v) is 12.8. The molecule has 0 N–H and O–H groups in total. The molecule has 1 aliphatic heterocycles. The number of methoxy groups -OCH3 is 1. The van der Waals surface area contributed by atoms with Crippen LogP contribution in [0.1, 0.15) is 31.1 Å². The van der Waals surface area contributed by atoms with Crippen LogP contribution in [0.3, 0.4) is 0 Å². The topological polar surface area (TPSA) is 36.3 Å². The fourth-order valence-corrected chi connectivity index (χ4v) is 3.66. The fraction of sp³-hybridized carbons (Fsp3) is 0.562. The van der Waals surface area contributed by atoms with E-state index in [9.17, 15) is 0 Å². The second-order valence-corrected chi connectivity index (χ2v) is 6.18. The SMILES string of the molecule is COc1ccc2c(c1)nc(CCl)n2C1CCOC1C1CC1. The number of hydrogen-bond acceptors (Lipinski definition) is 3. The summed E-state index contributed by atoms with van der Waals surface area (Å²) >= 11 is 6.14. The van der Waals surface area contributed by atoms with E-state index >= 15 is 0 Å². The number of imidazole rings is 1. The minimum Gasteiger partial charge on any atom is -0.497 e. The van der Waals surface area contributed by atoms with Gasteiger partial charge in [-0.2, -0.15) is 0 Å². The summed E-state index contributed by atoms with van der Waals surface area (Å²) in [7, 11) is 1.68. The lowest BCUT2D eigenvalue weighted by Crippen LogP contribution is -2.23. The van der Waals surface area contributed by atoms with Crippen LogP contribution >= 0.6 is 11.6 Å². The molecule has 0 amide bonds. The first-order valence-corrected chi connectivity index (χ1v) is 8.07. The predicted octanol–water partition coefficient (Wildman–Crippen LogP) is 3.52. The number of hydrogen-bond donors (Lipinski definition) is 0. The van der Waals surface area contributed by atoms with Crippen molar-refractivity contribution in [3.8, 4) is 5.75 Å². The Balaban J connectivity index is 1.82. The molecule has 2 heterocycles. The van der Waals surface area contributed by atoms with Crippen LogP contribution in [-0.2, 0) is 10.6 Å². The van der Waals surface area contributed by atoms with Crippen LogP contribution in [0, 0.1) is 5.92 Å². The molecule has 4 rings (SSSR count). The van der Waals surface area contributed by atoms with Gasteiger partial charge < -0.3 is 14.0 Å². The molecule has 1 aromatic carbocycles. The first kappa shape index (κ1) is 13.4. The first-order valence-electron chi connectivity index (χ1n) is 7.54. The standard InChI is InChI=1S/C16H19ClN2O2/c1-20-11-4-5-13-12(8-11)18-15(9-17)19(13)14-6-7-21-16(14)10-2-3-10/h4-5,8,10,14,16H,2-3,6-7,9H2,1H3. The van der Waals surface area contributed by atoms with Crippen LogP contribution in [0.5, 0.6) is 5.75 Å². The van der Waals surface area contributed by atoms with Gasteiger partial charge in [-0.25, -0.2) is 4.98 Å². The Hall–Kier alpha value is -1.26. The molecule has 2 aliphatic rings. The van der Waals surface area contributed by atoms with E-state index in [4.69, 9.17) is 26.1 Å². The molecule has 1 saturated heterocycles. The number of alkyl halides is 1. The van der Waals surface area contributed by atoms with Crippen molar-refractivity contribution in [2.45, 2.75) is 37.3 Å². The van der Waals surface area contributed by atoms with E-state index in [1.807, 2.05) is 12.1 Å². The van der Waals surface area contributed by atoms with Gasteiger partial charge in [0.05, 0.1) is 36.2 Å². The van der Waals surface area contributed by atoms with Gasteiger partial charge in [0.2, 0.25) is 0 Å². The third kappa shape index (κ3) is 2.21. The van der Waals surface area contributed by atoms with Gasteiger partial charge in [0.25, 0.3) is 0 Å². The molecular formula is C16H19ClN2O2. The fourth-order valence-electron chi connectivity index (χ4n) is 3.47. The van der Waals surface area contributed by atoms with E-state index in [2.05, 4.69) is 10.6 Å². The maximum atomic E-state index is 6.14. The summed E-state index contributed by atoms with van der Waals surface area (Å²) in [5, 5.41) is 0. The minimum absolute atomic E-state index is 0.325. The van der Waals surface area contributed by atoms with Gasteiger partial charge in [-0.3, -0.25) is 0 Å². The zero-order valence-electron chi connectivity index (χ0n) is 12.1. The van der Waals surface area contributed by atoms with E-state index in [1.54, 1.807) is 7.11 Å². The summed E-state index contributed by atoms with van der Waals surface area (Å²) in [5.74, 6) is 2.90. The summed E-state index contributed by atoms with van der Waals surface area (Å²) in [6.45, 7) is 0.837. The van der Waals surface area contributed by atoms with Crippen molar-refractivity contribution in [1.82, 2.24) is 9.55 Å². The number of aromatic nitrogens is 2. The molecule has 1 aromatic heterocycles. The summed E-state index contributed by atoms with van der Waals surface area (Å²) in [5.41, 5.74) is 2.08. The van der Waals surface area contributed by atoms with Crippen molar-refractivity contribution in [2.24, 2.45) is 5.92 Å². The first-order chi connectivity index (χ1) is 10.3. The molecule has 2 atom stereocenters. The Kier molecular flexibility index (Phi) is 3.31. The number of rotatable bonds is 4.